The summed E-state index contributed by atoms with van der Waals surface area (Å²) in [7, 11) is 6.69. The molecule has 0 aromatic heterocycles. The SMILES string of the molecule is CCCCCCCCCC(CC(N)=O)C(CC)[N+](C)(C)C.[Br-]. The van der Waals surface area contributed by atoms with E-state index < -0.39 is 0 Å². The number of quaternary nitrogens is 1. The maximum Gasteiger partial charge on any atom is 0.217 e. The molecule has 0 saturated carbocycles. The summed E-state index contributed by atoms with van der Waals surface area (Å²) >= 11 is 0. The van der Waals surface area contributed by atoms with Crippen LogP contribution >= 0.6 is 0 Å². The van der Waals surface area contributed by atoms with Crippen molar-refractivity contribution in [3.8, 4) is 0 Å². The van der Waals surface area contributed by atoms with E-state index in [1.807, 2.05) is 0 Å². The van der Waals surface area contributed by atoms with Gasteiger partial charge in [0.2, 0.25) is 5.91 Å². The van der Waals surface area contributed by atoms with Crippen molar-refractivity contribution < 1.29 is 26.3 Å². The van der Waals surface area contributed by atoms with Gasteiger partial charge >= 0.3 is 0 Å². The first-order valence-corrected chi connectivity index (χ1v) is 8.92. The predicted octanol–water partition coefficient (Wildman–Crippen LogP) is 1.11. The highest BCUT2D eigenvalue weighted by atomic mass is 79.9. The highest BCUT2D eigenvalue weighted by Gasteiger charge is 2.31. The van der Waals surface area contributed by atoms with Gasteiger partial charge in [-0.3, -0.25) is 4.79 Å². The Hall–Kier alpha value is -0.0900. The second-order valence-electron chi connectivity index (χ2n) is 7.43. The van der Waals surface area contributed by atoms with E-state index in [1.54, 1.807) is 0 Å². The van der Waals surface area contributed by atoms with Crippen LogP contribution in [0.1, 0.15) is 78.1 Å². The van der Waals surface area contributed by atoms with Gasteiger partial charge in [-0.2, -0.15) is 0 Å². The minimum Gasteiger partial charge on any atom is -1.00 e. The summed E-state index contributed by atoms with van der Waals surface area (Å²) in [6.45, 7) is 4.48. The number of hydrogen-bond donors (Lipinski definition) is 1. The molecule has 0 spiro atoms. The van der Waals surface area contributed by atoms with Crippen molar-refractivity contribution in [2.24, 2.45) is 11.7 Å². The smallest absolute Gasteiger partial charge is 0.217 e. The first-order chi connectivity index (χ1) is 9.82. The lowest BCUT2D eigenvalue weighted by Crippen LogP contribution is -3.00. The molecule has 0 saturated heterocycles. The zero-order valence-electron chi connectivity index (χ0n) is 15.5. The zero-order chi connectivity index (χ0) is 16.3. The highest BCUT2D eigenvalue weighted by Crippen LogP contribution is 2.26. The molecule has 0 rings (SSSR count). The summed E-state index contributed by atoms with van der Waals surface area (Å²) in [5, 5.41) is 0. The normalized spacial score (nSPS) is 14.2. The Balaban J connectivity index is 0. The summed E-state index contributed by atoms with van der Waals surface area (Å²) in [6, 6.07) is 0.526. The second-order valence-corrected chi connectivity index (χ2v) is 7.43. The summed E-state index contributed by atoms with van der Waals surface area (Å²) in [5.41, 5.74) is 5.47. The Bertz CT molecular complexity index is 277. The Morgan fingerprint density at radius 3 is 1.86 bits per heavy atom. The van der Waals surface area contributed by atoms with Gasteiger partial charge in [0.05, 0.1) is 27.2 Å². The third-order valence-corrected chi connectivity index (χ3v) is 4.60. The number of carbonyl (C=O) groups is 1. The molecule has 22 heavy (non-hydrogen) atoms. The topological polar surface area (TPSA) is 43.1 Å². The Labute approximate surface area is 149 Å². The van der Waals surface area contributed by atoms with Gasteiger partial charge < -0.3 is 27.2 Å². The number of nitrogens with two attached hydrogens (primary N) is 1. The molecule has 0 aromatic carbocycles. The molecule has 134 valence electrons. The minimum atomic E-state index is -0.144. The molecular weight excluding hydrogens is 340 g/mol. The van der Waals surface area contributed by atoms with E-state index in [9.17, 15) is 4.79 Å². The van der Waals surface area contributed by atoms with Crippen molar-refractivity contribution in [3.05, 3.63) is 0 Å². The number of carbonyl (C=O) groups excluding carboxylic acids is 1. The minimum absolute atomic E-state index is 0. The fraction of sp³-hybridized carbons (Fsp3) is 0.944. The number of rotatable bonds is 13. The molecule has 2 atom stereocenters. The number of primary amides is 1. The fourth-order valence-corrected chi connectivity index (χ4v) is 3.57. The van der Waals surface area contributed by atoms with E-state index in [2.05, 4.69) is 35.0 Å². The van der Waals surface area contributed by atoms with E-state index in [4.69, 9.17) is 5.73 Å². The Morgan fingerprint density at radius 1 is 0.955 bits per heavy atom. The number of nitrogens with zero attached hydrogens (tertiary/aromatic N) is 1. The van der Waals surface area contributed by atoms with Crippen LogP contribution < -0.4 is 22.7 Å². The molecule has 2 N–H and O–H groups in total. The number of amides is 1. The van der Waals surface area contributed by atoms with Gasteiger partial charge in [-0.25, -0.2) is 0 Å². The molecule has 0 heterocycles. The van der Waals surface area contributed by atoms with Crippen LogP contribution in [0.3, 0.4) is 0 Å². The molecule has 0 fully saturated rings. The number of halogens is 1. The highest BCUT2D eigenvalue weighted by molar-refractivity contribution is 5.74. The van der Waals surface area contributed by atoms with Gasteiger partial charge in [0.1, 0.15) is 0 Å². The molecule has 2 unspecified atom stereocenters. The molecule has 0 aromatic rings. The van der Waals surface area contributed by atoms with Crippen LogP contribution in [-0.4, -0.2) is 37.6 Å². The monoisotopic (exact) mass is 378 g/mol. The van der Waals surface area contributed by atoms with Crippen LogP contribution in [0.15, 0.2) is 0 Å². The summed E-state index contributed by atoms with van der Waals surface area (Å²) in [5.74, 6) is 0.290. The Morgan fingerprint density at radius 2 is 1.45 bits per heavy atom. The molecule has 0 aliphatic heterocycles. The van der Waals surface area contributed by atoms with Crippen molar-refractivity contribution in [1.82, 2.24) is 0 Å². The summed E-state index contributed by atoms with van der Waals surface area (Å²) in [4.78, 5) is 11.4. The van der Waals surface area contributed by atoms with Crippen molar-refractivity contribution in [2.75, 3.05) is 21.1 Å². The summed E-state index contributed by atoms with van der Waals surface area (Å²) in [6.07, 6.45) is 12.1. The van der Waals surface area contributed by atoms with Gasteiger partial charge in [0.15, 0.2) is 0 Å². The van der Waals surface area contributed by atoms with E-state index in [0.717, 1.165) is 17.3 Å². The number of hydrogen-bond acceptors (Lipinski definition) is 1. The van der Waals surface area contributed by atoms with Crippen molar-refractivity contribution in [2.45, 2.75) is 84.1 Å². The van der Waals surface area contributed by atoms with Gasteiger partial charge in [-0.05, 0) is 12.8 Å². The van der Waals surface area contributed by atoms with Crippen LogP contribution in [0.25, 0.3) is 0 Å². The van der Waals surface area contributed by atoms with Crippen LogP contribution in [0.2, 0.25) is 0 Å². The average Bonchev–Trinajstić information content (AvgIpc) is 2.35. The zero-order valence-corrected chi connectivity index (χ0v) is 17.1. The Kier molecular flexibility index (Phi) is 14.7. The van der Waals surface area contributed by atoms with Crippen molar-refractivity contribution in [3.63, 3.8) is 0 Å². The van der Waals surface area contributed by atoms with Crippen molar-refractivity contribution >= 4 is 5.91 Å². The van der Waals surface area contributed by atoms with E-state index in [0.29, 0.717) is 18.4 Å². The molecule has 0 radical (unpaired) electrons. The maximum absolute atomic E-state index is 11.4. The van der Waals surface area contributed by atoms with Crippen LogP contribution in [-0.2, 0) is 4.79 Å². The molecular formula is C18H39BrN2O. The summed E-state index contributed by atoms with van der Waals surface area (Å²) < 4.78 is 0.922. The van der Waals surface area contributed by atoms with Crippen molar-refractivity contribution in [1.29, 1.82) is 0 Å². The molecule has 0 aliphatic rings. The van der Waals surface area contributed by atoms with Crippen LogP contribution in [0.5, 0.6) is 0 Å². The first-order valence-electron chi connectivity index (χ1n) is 8.92. The van der Waals surface area contributed by atoms with Gasteiger partial charge in [-0.1, -0.05) is 58.8 Å². The molecule has 0 bridgehead atoms. The van der Waals surface area contributed by atoms with E-state index in [-0.39, 0.29) is 22.9 Å². The van der Waals surface area contributed by atoms with Gasteiger partial charge in [0, 0.05) is 12.3 Å². The third kappa shape index (κ3) is 11.5. The number of unbranched alkanes of at least 4 members (excludes halogenated alkanes) is 6. The van der Waals surface area contributed by atoms with Crippen LogP contribution in [0, 0.1) is 5.92 Å². The lowest BCUT2D eigenvalue weighted by molar-refractivity contribution is -0.900. The lowest BCUT2D eigenvalue weighted by atomic mass is 9.86. The molecule has 0 aliphatic carbocycles. The standard InChI is InChI=1S/C18H38N2O.BrH/c1-6-8-9-10-11-12-13-14-16(15-18(19)21)17(7-2)20(3,4)5;/h16-17H,6-15H2,1-5H3,(H-,19,21);1H. The van der Waals surface area contributed by atoms with E-state index in [1.165, 1.54) is 44.9 Å². The maximum atomic E-state index is 11.4. The first kappa shape index (κ1) is 24.2. The van der Waals surface area contributed by atoms with Crippen LogP contribution in [0.4, 0.5) is 0 Å². The lowest BCUT2D eigenvalue weighted by Gasteiger charge is -2.38. The predicted molar refractivity (Wildman–Crippen MR) is 92.0 cm³/mol. The fourth-order valence-electron chi connectivity index (χ4n) is 3.57. The van der Waals surface area contributed by atoms with Gasteiger partial charge in [0.25, 0.3) is 0 Å². The van der Waals surface area contributed by atoms with Gasteiger partial charge in [-0.15, -0.1) is 0 Å². The average molecular weight is 379 g/mol. The quantitative estimate of drug-likeness (QED) is 0.378. The second kappa shape index (κ2) is 13.4. The molecule has 1 amide bonds. The third-order valence-electron chi connectivity index (χ3n) is 4.60. The largest absolute Gasteiger partial charge is 1.00 e. The van der Waals surface area contributed by atoms with E-state index >= 15 is 0 Å². The molecule has 3 nitrogen and oxygen atoms in total. The molecule has 4 heteroatoms.